The number of halogens is 2. The van der Waals surface area contributed by atoms with E-state index in [0.29, 0.717) is 16.5 Å². The standard InChI is InChI=1S/C15H21Cl2NO2S/c1-4-8-18-15(2,14(19)20-3)7-9-21-13-10-11(16)5-6-12(13)17/h5-6,10,18H,4,7-9H2,1-3H3. The number of hydrogen-bond donors (Lipinski definition) is 1. The Hall–Kier alpha value is -0.420. The molecule has 1 aromatic carbocycles. The summed E-state index contributed by atoms with van der Waals surface area (Å²) < 4.78 is 4.90. The molecule has 0 fully saturated rings. The largest absolute Gasteiger partial charge is 0.468 e. The number of methoxy groups -OCH3 is 1. The fraction of sp³-hybridized carbons (Fsp3) is 0.533. The van der Waals surface area contributed by atoms with E-state index in [1.807, 2.05) is 13.0 Å². The van der Waals surface area contributed by atoms with Gasteiger partial charge in [-0.1, -0.05) is 30.1 Å². The van der Waals surface area contributed by atoms with Gasteiger partial charge in [-0.15, -0.1) is 11.8 Å². The number of hydrogen-bond acceptors (Lipinski definition) is 4. The Balaban J connectivity index is 2.64. The first-order valence-electron chi connectivity index (χ1n) is 6.84. The second kappa shape index (κ2) is 8.89. The number of ether oxygens (including phenoxy) is 1. The van der Waals surface area contributed by atoms with E-state index in [4.69, 9.17) is 27.9 Å². The van der Waals surface area contributed by atoms with E-state index in [1.165, 1.54) is 7.11 Å². The third kappa shape index (κ3) is 5.70. The first kappa shape index (κ1) is 18.6. The van der Waals surface area contributed by atoms with Crippen molar-refractivity contribution >= 4 is 40.9 Å². The Bertz CT molecular complexity index is 485. The van der Waals surface area contributed by atoms with Crippen LogP contribution in [-0.2, 0) is 9.53 Å². The zero-order chi connectivity index (χ0) is 15.9. The van der Waals surface area contributed by atoms with E-state index in [-0.39, 0.29) is 5.97 Å². The van der Waals surface area contributed by atoms with Crippen LogP contribution in [0.25, 0.3) is 0 Å². The molecule has 1 atom stereocenters. The lowest BCUT2D eigenvalue weighted by atomic mass is 9.99. The average Bonchev–Trinajstić information content (AvgIpc) is 2.47. The Morgan fingerprint density at radius 3 is 2.76 bits per heavy atom. The van der Waals surface area contributed by atoms with Gasteiger partial charge in [-0.2, -0.15) is 0 Å². The van der Waals surface area contributed by atoms with Gasteiger partial charge < -0.3 is 10.1 Å². The Labute approximate surface area is 140 Å². The lowest BCUT2D eigenvalue weighted by molar-refractivity contribution is -0.148. The number of rotatable bonds is 8. The second-order valence-corrected chi connectivity index (χ2v) is 6.90. The van der Waals surface area contributed by atoms with Crippen molar-refractivity contribution in [3.05, 3.63) is 28.2 Å². The summed E-state index contributed by atoms with van der Waals surface area (Å²) >= 11 is 13.7. The molecule has 1 unspecified atom stereocenters. The van der Waals surface area contributed by atoms with E-state index >= 15 is 0 Å². The van der Waals surface area contributed by atoms with Crippen molar-refractivity contribution in [2.24, 2.45) is 0 Å². The van der Waals surface area contributed by atoms with Gasteiger partial charge in [0, 0.05) is 15.7 Å². The molecule has 0 spiro atoms. The number of thioether (sulfide) groups is 1. The molecule has 1 aromatic rings. The highest BCUT2D eigenvalue weighted by atomic mass is 35.5. The van der Waals surface area contributed by atoms with Gasteiger partial charge in [-0.05, 0) is 44.5 Å². The highest BCUT2D eigenvalue weighted by Crippen LogP contribution is 2.31. The summed E-state index contributed by atoms with van der Waals surface area (Å²) in [6.45, 7) is 4.70. The van der Waals surface area contributed by atoms with Crippen molar-refractivity contribution in [3.63, 3.8) is 0 Å². The molecule has 1 N–H and O–H groups in total. The highest BCUT2D eigenvalue weighted by molar-refractivity contribution is 7.99. The van der Waals surface area contributed by atoms with Crippen molar-refractivity contribution < 1.29 is 9.53 Å². The molecule has 0 heterocycles. The molecule has 1 rings (SSSR count). The topological polar surface area (TPSA) is 38.3 Å². The van der Waals surface area contributed by atoms with E-state index < -0.39 is 5.54 Å². The van der Waals surface area contributed by atoms with Gasteiger partial charge in [-0.25, -0.2) is 0 Å². The minimum absolute atomic E-state index is 0.242. The molecule has 118 valence electrons. The van der Waals surface area contributed by atoms with Crippen LogP contribution in [-0.4, -0.2) is 30.9 Å². The van der Waals surface area contributed by atoms with Crippen molar-refractivity contribution in [2.45, 2.75) is 37.1 Å². The molecule has 0 aliphatic heterocycles. The quantitative estimate of drug-likeness (QED) is 0.557. The van der Waals surface area contributed by atoms with Crippen molar-refractivity contribution in [1.82, 2.24) is 5.32 Å². The molecular formula is C15H21Cl2NO2S. The van der Waals surface area contributed by atoms with Gasteiger partial charge in [-0.3, -0.25) is 4.79 Å². The van der Waals surface area contributed by atoms with Crippen molar-refractivity contribution in [2.75, 3.05) is 19.4 Å². The van der Waals surface area contributed by atoms with Gasteiger partial charge in [0.1, 0.15) is 5.54 Å². The van der Waals surface area contributed by atoms with Crippen LogP contribution in [0.4, 0.5) is 0 Å². The maximum absolute atomic E-state index is 12.0. The number of nitrogens with one attached hydrogen (secondary N) is 1. The Morgan fingerprint density at radius 2 is 2.14 bits per heavy atom. The molecule has 0 aliphatic rings. The molecule has 6 heteroatoms. The van der Waals surface area contributed by atoms with Crippen molar-refractivity contribution in [3.8, 4) is 0 Å². The smallest absolute Gasteiger partial charge is 0.325 e. The van der Waals surface area contributed by atoms with E-state index in [9.17, 15) is 4.79 Å². The van der Waals surface area contributed by atoms with Gasteiger partial charge in [0.25, 0.3) is 0 Å². The SMILES string of the molecule is CCCNC(C)(CCSc1cc(Cl)ccc1Cl)C(=O)OC. The summed E-state index contributed by atoms with van der Waals surface area (Å²) in [4.78, 5) is 12.9. The third-order valence-electron chi connectivity index (χ3n) is 3.15. The first-order chi connectivity index (χ1) is 9.92. The van der Waals surface area contributed by atoms with Gasteiger partial charge >= 0.3 is 5.97 Å². The number of carbonyl (C=O) groups excluding carboxylic acids is 1. The molecule has 0 aromatic heterocycles. The Morgan fingerprint density at radius 1 is 1.43 bits per heavy atom. The van der Waals surface area contributed by atoms with Crippen LogP contribution in [0, 0.1) is 0 Å². The molecule has 0 bridgehead atoms. The summed E-state index contributed by atoms with van der Waals surface area (Å²) in [5.41, 5.74) is -0.678. The molecule has 3 nitrogen and oxygen atoms in total. The lowest BCUT2D eigenvalue weighted by Crippen LogP contribution is -2.50. The van der Waals surface area contributed by atoms with Crippen LogP contribution in [0.3, 0.4) is 0 Å². The van der Waals surface area contributed by atoms with Gasteiger partial charge in [0.15, 0.2) is 0 Å². The summed E-state index contributed by atoms with van der Waals surface area (Å²) in [6, 6.07) is 5.37. The molecule has 21 heavy (non-hydrogen) atoms. The zero-order valence-corrected chi connectivity index (χ0v) is 14.9. The molecule has 0 aliphatic carbocycles. The molecule has 0 saturated carbocycles. The van der Waals surface area contributed by atoms with E-state index in [2.05, 4.69) is 12.2 Å². The minimum Gasteiger partial charge on any atom is -0.468 e. The highest BCUT2D eigenvalue weighted by Gasteiger charge is 2.33. The fourth-order valence-electron chi connectivity index (χ4n) is 1.84. The molecular weight excluding hydrogens is 329 g/mol. The maximum Gasteiger partial charge on any atom is 0.325 e. The summed E-state index contributed by atoms with van der Waals surface area (Å²) in [6.07, 6.45) is 1.60. The summed E-state index contributed by atoms with van der Waals surface area (Å²) in [5, 5.41) is 4.59. The van der Waals surface area contributed by atoms with Crippen LogP contribution in [0.15, 0.2) is 23.1 Å². The summed E-state index contributed by atoms with van der Waals surface area (Å²) in [5.74, 6) is 0.497. The third-order valence-corrected chi connectivity index (χ3v) is 4.89. The van der Waals surface area contributed by atoms with Gasteiger partial charge in [0.2, 0.25) is 0 Å². The second-order valence-electron chi connectivity index (χ2n) is 4.92. The number of esters is 1. The molecule has 0 radical (unpaired) electrons. The summed E-state index contributed by atoms with van der Waals surface area (Å²) in [7, 11) is 1.41. The fourth-order valence-corrected chi connectivity index (χ4v) is 3.51. The zero-order valence-electron chi connectivity index (χ0n) is 12.5. The number of benzene rings is 1. The maximum atomic E-state index is 12.0. The van der Waals surface area contributed by atoms with Crippen LogP contribution in [0.2, 0.25) is 10.0 Å². The van der Waals surface area contributed by atoms with Gasteiger partial charge in [0.05, 0.1) is 12.1 Å². The van der Waals surface area contributed by atoms with Crippen LogP contribution in [0.5, 0.6) is 0 Å². The lowest BCUT2D eigenvalue weighted by Gasteiger charge is -2.27. The van der Waals surface area contributed by atoms with Crippen molar-refractivity contribution in [1.29, 1.82) is 0 Å². The normalized spacial score (nSPS) is 13.8. The predicted molar refractivity (Wildman–Crippen MR) is 90.5 cm³/mol. The van der Waals surface area contributed by atoms with Crippen LogP contribution >= 0.6 is 35.0 Å². The molecule has 0 amide bonds. The number of carbonyl (C=O) groups is 1. The Kier molecular flexibility index (Phi) is 7.88. The van der Waals surface area contributed by atoms with Crippen LogP contribution in [0.1, 0.15) is 26.7 Å². The van der Waals surface area contributed by atoms with E-state index in [1.54, 1.807) is 23.9 Å². The first-order valence-corrected chi connectivity index (χ1v) is 8.58. The van der Waals surface area contributed by atoms with Crippen LogP contribution < -0.4 is 5.32 Å². The predicted octanol–water partition coefficient (Wildman–Crippen LogP) is 4.41. The minimum atomic E-state index is -0.678. The average molecular weight is 350 g/mol. The van der Waals surface area contributed by atoms with E-state index in [0.717, 1.165) is 23.6 Å². The molecule has 0 saturated heterocycles. The monoisotopic (exact) mass is 349 g/mol.